The van der Waals surface area contributed by atoms with Crippen LogP contribution in [0.4, 0.5) is 10.1 Å². The molecule has 0 heterocycles. The lowest BCUT2D eigenvalue weighted by Crippen LogP contribution is -2.14. The third-order valence-corrected chi connectivity index (χ3v) is 5.14. The minimum atomic E-state index is -3.85. The van der Waals surface area contributed by atoms with Crippen LogP contribution in [0.2, 0.25) is 5.02 Å². The van der Waals surface area contributed by atoms with E-state index in [9.17, 15) is 12.8 Å². The molecule has 20 heavy (non-hydrogen) atoms. The van der Waals surface area contributed by atoms with Gasteiger partial charge in [-0.25, -0.2) is 12.8 Å². The molecule has 2 aromatic carbocycles. The number of anilines is 1. The van der Waals surface area contributed by atoms with E-state index in [2.05, 4.69) is 27.3 Å². The first-order valence-corrected chi connectivity index (χ1v) is 8.47. The molecule has 0 bridgehead atoms. The molecule has 0 atom stereocenters. The van der Waals surface area contributed by atoms with Crippen molar-refractivity contribution < 1.29 is 12.8 Å². The maximum Gasteiger partial charge on any atom is 0.263 e. The molecule has 0 spiro atoms. The molecular weight excluding hydrogens is 416 g/mol. The standard InChI is InChI=1S/C13H10ClFINO2S/c1-8-6-10(16)3-4-12(8)17-20(18,19)13-5-2-9(15)7-11(13)14/h2-7,17H,1H3. The molecule has 3 nitrogen and oxygen atoms in total. The van der Waals surface area contributed by atoms with Crippen LogP contribution in [0.15, 0.2) is 41.3 Å². The predicted octanol–water partition coefficient (Wildman–Crippen LogP) is 4.19. The van der Waals surface area contributed by atoms with E-state index in [1.807, 2.05) is 6.07 Å². The number of aryl methyl sites for hydroxylation is 1. The molecule has 0 amide bonds. The van der Waals surface area contributed by atoms with Crippen molar-refractivity contribution in [2.24, 2.45) is 0 Å². The van der Waals surface area contributed by atoms with E-state index in [4.69, 9.17) is 11.6 Å². The van der Waals surface area contributed by atoms with Crippen LogP contribution in [0.5, 0.6) is 0 Å². The summed E-state index contributed by atoms with van der Waals surface area (Å²) in [5, 5.41) is -0.152. The van der Waals surface area contributed by atoms with E-state index >= 15 is 0 Å². The summed E-state index contributed by atoms with van der Waals surface area (Å²) in [5.41, 5.74) is 1.25. The molecule has 2 aromatic rings. The summed E-state index contributed by atoms with van der Waals surface area (Å²) in [6, 6.07) is 8.48. The monoisotopic (exact) mass is 425 g/mol. The van der Waals surface area contributed by atoms with Crippen LogP contribution in [0.25, 0.3) is 0 Å². The SMILES string of the molecule is Cc1cc(I)ccc1NS(=O)(=O)c1ccc(F)cc1Cl. The Bertz CT molecular complexity index is 765. The largest absolute Gasteiger partial charge is 0.279 e. The average molecular weight is 426 g/mol. The van der Waals surface area contributed by atoms with Crippen LogP contribution in [0.3, 0.4) is 0 Å². The zero-order chi connectivity index (χ0) is 14.9. The smallest absolute Gasteiger partial charge is 0.263 e. The topological polar surface area (TPSA) is 46.2 Å². The highest BCUT2D eigenvalue weighted by molar-refractivity contribution is 14.1. The van der Waals surface area contributed by atoms with Gasteiger partial charge >= 0.3 is 0 Å². The summed E-state index contributed by atoms with van der Waals surface area (Å²) in [6.45, 7) is 1.80. The van der Waals surface area contributed by atoms with Gasteiger partial charge in [0.1, 0.15) is 10.7 Å². The zero-order valence-electron chi connectivity index (χ0n) is 10.3. The van der Waals surface area contributed by atoms with Crippen LogP contribution >= 0.6 is 34.2 Å². The molecule has 0 radical (unpaired) electrons. The predicted molar refractivity (Wildman–Crippen MR) is 86.1 cm³/mol. The Labute approximate surface area is 135 Å². The van der Waals surface area contributed by atoms with Crippen molar-refractivity contribution in [2.75, 3.05) is 4.72 Å². The number of rotatable bonds is 3. The fraction of sp³-hybridized carbons (Fsp3) is 0.0769. The summed E-state index contributed by atoms with van der Waals surface area (Å²) >= 11 is 7.92. The maximum atomic E-state index is 13.0. The minimum Gasteiger partial charge on any atom is -0.279 e. The first kappa shape index (κ1) is 15.5. The first-order valence-electron chi connectivity index (χ1n) is 5.53. The Morgan fingerprint density at radius 3 is 2.50 bits per heavy atom. The molecular formula is C13H10ClFINO2S. The van der Waals surface area contributed by atoms with Crippen molar-refractivity contribution in [3.05, 3.63) is 56.4 Å². The van der Waals surface area contributed by atoms with Gasteiger partial charge in [-0.2, -0.15) is 0 Å². The lowest BCUT2D eigenvalue weighted by Gasteiger charge is -2.12. The quantitative estimate of drug-likeness (QED) is 0.750. The Balaban J connectivity index is 2.41. The Morgan fingerprint density at radius 2 is 1.90 bits per heavy atom. The molecule has 0 saturated carbocycles. The molecule has 0 aliphatic carbocycles. The second kappa shape index (κ2) is 5.87. The third kappa shape index (κ3) is 3.42. The highest BCUT2D eigenvalue weighted by Gasteiger charge is 2.19. The van der Waals surface area contributed by atoms with Crippen molar-refractivity contribution in [1.82, 2.24) is 0 Å². The number of sulfonamides is 1. The van der Waals surface area contributed by atoms with Gasteiger partial charge in [0.2, 0.25) is 0 Å². The summed E-state index contributed by atoms with van der Waals surface area (Å²) in [7, 11) is -3.85. The highest BCUT2D eigenvalue weighted by atomic mass is 127. The van der Waals surface area contributed by atoms with Gasteiger partial charge in [0.25, 0.3) is 10.0 Å². The van der Waals surface area contributed by atoms with E-state index in [1.165, 1.54) is 0 Å². The molecule has 0 unspecified atom stereocenters. The average Bonchev–Trinajstić information content (AvgIpc) is 2.32. The van der Waals surface area contributed by atoms with E-state index in [-0.39, 0.29) is 9.92 Å². The van der Waals surface area contributed by atoms with Crippen molar-refractivity contribution in [1.29, 1.82) is 0 Å². The molecule has 0 fully saturated rings. The second-order valence-corrected chi connectivity index (χ2v) is 7.44. The summed E-state index contributed by atoms with van der Waals surface area (Å²) < 4.78 is 40.9. The summed E-state index contributed by atoms with van der Waals surface area (Å²) in [5.74, 6) is -0.584. The molecule has 0 aliphatic heterocycles. The van der Waals surface area contributed by atoms with Gasteiger partial charge in [-0.3, -0.25) is 4.72 Å². The fourth-order valence-corrected chi connectivity index (χ4v) is 3.94. The number of hydrogen-bond acceptors (Lipinski definition) is 2. The van der Waals surface area contributed by atoms with Crippen molar-refractivity contribution >= 4 is 49.9 Å². The van der Waals surface area contributed by atoms with Gasteiger partial charge < -0.3 is 0 Å². The molecule has 0 aliphatic rings. The Kier molecular flexibility index (Phi) is 4.55. The van der Waals surface area contributed by atoms with Crippen LogP contribution < -0.4 is 4.72 Å². The van der Waals surface area contributed by atoms with E-state index < -0.39 is 15.8 Å². The van der Waals surface area contributed by atoms with Crippen LogP contribution in [0.1, 0.15) is 5.56 Å². The number of halogens is 3. The minimum absolute atomic E-state index is 0.152. The van der Waals surface area contributed by atoms with E-state index in [1.54, 1.807) is 19.1 Å². The summed E-state index contributed by atoms with van der Waals surface area (Å²) in [4.78, 5) is -0.154. The lowest BCUT2D eigenvalue weighted by atomic mass is 10.2. The number of nitrogens with one attached hydrogen (secondary N) is 1. The van der Waals surface area contributed by atoms with Gasteiger partial charge in [-0.1, -0.05) is 11.6 Å². The molecule has 1 N–H and O–H groups in total. The van der Waals surface area contributed by atoms with Crippen molar-refractivity contribution in [2.45, 2.75) is 11.8 Å². The molecule has 2 rings (SSSR count). The van der Waals surface area contributed by atoms with E-state index in [0.29, 0.717) is 5.69 Å². The fourth-order valence-electron chi connectivity index (χ4n) is 1.63. The van der Waals surface area contributed by atoms with Gasteiger partial charge in [0, 0.05) is 3.57 Å². The van der Waals surface area contributed by atoms with Gasteiger partial charge in [0.05, 0.1) is 10.7 Å². The Hall–Kier alpha value is -0.860. The van der Waals surface area contributed by atoms with Gasteiger partial charge in [0.15, 0.2) is 0 Å². The molecule has 7 heteroatoms. The van der Waals surface area contributed by atoms with Gasteiger partial charge in [-0.05, 0) is 71.5 Å². The molecule has 0 saturated heterocycles. The third-order valence-electron chi connectivity index (χ3n) is 2.62. The second-order valence-electron chi connectivity index (χ2n) is 4.14. The maximum absolute atomic E-state index is 13.0. The highest BCUT2D eigenvalue weighted by Crippen LogP contribution is 2.26. The van der Waals surface area contributed by atoms with E-state index in [0.717, 1.165) is 27.3 Å². The van der Waals surface area contributed by atoms with Crippen LogP contribution in [-0.2, 0) is 10.0 Å². The lowest BCUT2D eigenvalue weighted by molar-refractivity contribution is 0.599. The molecule has 106 valence electrons. The van der Waals surface area contributed by atoms with Crippen LogP contribution in [-0.4, -0.2) is 8.42 Å². The molecule has 0 aromatic heterocycles. The number of hydrogen-bond donors (Lipinski definition) is 1. The van der Waals surface area contributed by atoms with Gasteiger partial charge in [-0.15, -0.1) is 0 Å². The van der Waals surface area contributed by atoms with Crippen molar-refractivity contribution in [3.8, 4) is 0 Å². The summed E-state index contributed by atoms with van der Waals surface area (Å²) in [6.07, 6.45) is 0. The Morgan fingerprint density at radius 1 is 1.20 bits per heavy atom. The number of benzene rings is 2. The first-order chi connectivity index (χ1) is 9.29. The zero-order valence-corrected chi connectivity index (χ0v) is 14.1. The van der Waals surface area contributed by atoms with Crippen LogP contribution in [0, 0.1) is 16.3 Å². The normalized spacial score (nSPS) is 11.4. The van der Waals surface area contributed by atoms with Crippen molar-refractivity contribution in [3.63, 3.8) is 0 Å².